The van der Waals surface area contributed by atoms with Crippen molar-refractivity contribution in [3.8, 4) is 0 Å². The van der Waals surface area contributed by atoms with Crippen molar-refractivity contribution >= 4 is 10.0 Å². The summed E-state index contributed by atoms with van der Waals surface area (Å²) >= 11 is 0. The Labute approximate surface area is 125 Å². The average molecular weight is 311 g/mol. The van der Waals surface area contributed by atoms with Crippen LogP contribution in [-0.2, 0) is 17.1 Å². The van der Waals surface area contributed by atoms with Crippen LogP contribution in [0.25, 0.3) is 0 Å². The number of aromatic nitrogens is 4. The number of nitrogens with one attached hydrogen (secondary N) is 1. The van der Waals surface area contributed by atoms with Gasteiger partial charge in [-0.2, -0.15) is 10.2 Å². The van der Waals surface area contributed by atoms with Crippen molar-refractivity contribution in [3.05, 3.63) is 30.4 Å². The molecular formula is C13H21N5O2S. The smallest absolute Gasteiger partial charge is 0.243 e. The lowest BCUT2D eigenvalue weighted by atomic mass is 10.1. The second-order valence-electron chi connectivity index (χ2n) is 4.95. The normalized spacial score (nSPS) is 13.5. The van der Waals surface area contributed by atoms with E-state index in [4.69, 9.17) is 0 Å². The fourth-order valence-corrected chi connectivity index (χ4v) is 3.45. The van der Waals surface area contributed by atoms with Crippen molar-refractivity contribution in [2.45, 2.75) is 37.6 Å². The molecule has 0 aliphatic heterocycles. The van der Waals surface area contributed by atoms with Gasteiger partial charge in [-0.25, -0.2) is 13.1 Å². The summed E-state index contributed by atoms with van der Waals surface area (Å²) in [5, 5.41) is 8.17. The topological polar surface area (TPSA) is 81.8 Å². The first-order valence-corrected chi connectivity index (χ1v) is 8.41. The van der Waals surface area contributed by atoms with Gasteiger partial charge in [0, 0.05) is 26.0 Å². The van der Waals surface area contributed by atoms with Gasteiger partial charge in [-0.05, 0) is 25.8 Å². The van der Waals surface area contributed by atoms with Crippen molar-refractivity contribution in [2.75, 3.05) is 6.54 Å². The molecule has 0 radical (unpaired) electrons. The predicted molar refractivity (Wildman–Crippen MR) is 79.3 cm³/mol. The molecule has 2 aromatic rings. The van der Waals surface area contributed by atoms with E-state index in [9.17, 15) is 8.42 Å². The Morgan fingerprint density at radius 3 is 2.67 bits per heavy atom. The molecule has 0 spiro atoms. The molecule has 8 heteroatoms. The van der Waals surface area contributed by atoms with Crippen LogP contribution in [0.5, 0.6) is 0 Å². The van der Waals surface area contributed by atoms with Crippen LogP contribution in [0, 0.1) is 6.92 Å². The summed E-state index contributed by atoms with van der Waals surface area (Å²) < 4.78 is 30.5. The van der Waals surface area contributed by atoms with Crippen molar-refractivity contribution in [2.24, 2.45) is 7.05 Å². The maximum atomic E-state index is 12.2. The number of nitrogens with zero attached hydrogens (tertiary/aromatic N) is 4. The summed E-state index contributed by atoms with van der Waals surface area (Å²) in [6.07, 6.45) is 6.59. The minimum absolute atomic E-state index is 0.192. The highest BCUT2D eigenvalue weighted by molar-refractivity contribution is 7.89. The Bertz CT molecular complexity index is 675. The highest BCUT2D eigenvalue weighted by atomic mass is 32.2. The Kier molecular flexibility index (Phi) is 4.79. The molecule has 0 fully saturated rings. The van der Waals surface area contributed by atoms with E-state index in [1.54, 1.807) is 24.9 Å². The van der Waals surface area contributed by atoms with Crippen LogP contribution in [0.4, 0.5) is 0 Å². The van der Waals surface area contributed by atoms with Crippen molar-refractivity contribution in [3.63, 3.8) is 0 Å². The number of hydrogen-bond acceptors (Lipinski definition) is 4. The lowest BCUT2D eigenvalue weighted by Gasteiger charge is -2.15. The zero-order valence-corrected chi connectivity index (χ0v) is 13.3. The fraction of sp³-hybridized carbons (Fsp3) is 0.538. The zero-order valence-electron chi connectivity index (χ0n) is 12.5. The van der Waals surface area contributed by atoms with E-state index in [0.29, 0.717) is 18.7 Å². The third kappa shape index (κ3) is 3.51. The Balaban J connectivity index is 1.98. The molecule has 0 bridgehead atoms. The van der Waals surface area contributed by atoms with Crippen LogP contribution in [0.15, 0.2) is 29.6 Å². The molecule has 0 amide bonds. The van der Waals surface area contributed by atoms with Crippen LogP contribution in [0.2, 0.25) is 0 Å². The summed E-state index contributed by atoms with van der Waals surface area (Å²) in [5.41, 5.74) is 0.626. The summed E-state index contributed by atoms with van der Waals surface area (Å²) in [6.45, 7) is 4.17. The number of aryl methyl sites for hydroxylation is 1. The van der Waals surface area contributed by atoms with Crippen LogP contribution in [0.3, 0.4) is 0 Å². The van der Waals surface area contributed by atoms with E-state index < -0.39 is 10.0 Å². The minimum atomic E-state index is -3.51. The lowest BCUT2D eigenvalue weighted by Crippen LogP contribution is -2.27. The van der Waals surface area contributed by atoms with Crippen LogP contribution in [-0.4, -0.2) is 34.5 Å². The molecule has 7 nitrogen and oxygen atoms in total. The Hall–Kier alpha value is -1.67. The molecule has 0 aliphatic rings. The minimum Gasteiger partial charge on any atom is -0.272 e. The molecule has 2 aromatic heterocycles. The van der Waals surface area contributed by atoms with E-state index in [1.165, 1.54) is 6.20 Å². The van der Waals surface area contributed by atoms with Gasteiger partial charge in [-0.15, -0.1) is 0 Å². The van der Waals surface area contributed by atoms with Gasteiger partial charge in [-0.1, -0.05) is 6.92 Å². The maximum absolute atomic E-state index is 12.2. The molecular weight excluding hydrogens is 290 g/mol. The molecule has 0 unspecified atom stereocenters. The SMILES string of the molecule is CC[C@H](CCNS(=O)(=O)c1cnn(C)c1C)n1cccn1. The van der Waals surface area contributed by atoms with Crippen LogP contribution in [0.1, 0.15) is 31.5 Å². The van der Waals surface area contributed by atoms with E-state index in [2.05, 4.69) is 21.8 Å². The zero-order chi connectivity index (χ0) is 15.5. The van der Waals surface area contributed by atoms with Gasteiger partial charge >= 0.3 is 0 Å². The van der Waals surface area contributed by atoms with E-state index in [0.717, 1.165) is 6.42 Å². The summed E-state index contributed by atoms with van der Waals surface area (Å²) in [4.78, 5) is 0.233. The van der Waals surface area contributed by atoms with Gasteiger partial charge in [-0.3, -0.25) is 9.36 Å². The highest BCUT2D eigenvalue weighted by Gasteiger charge is 2.20. The third-order valence-corrected chi connectivity index (χ3v) is 5.18. The molecule has 2 heterocycles. The Morgan fingerprint density at radius 2 is 2.14 bits per heavy atom. The van der Waals surface area contributed by atoms with Gasteiger partial charge in [0.15, 0.2) is 0 Å². The van der Waals surface area contributed by atoms with Crippen molar-refractivity contribution < 1.29 is 8.42 Å². The number of hydrogen-bond donors (Lipinski definition) is 1. The van der Waals surface area contributed by atoms with Crippen LogP contribution >= 0.6 is 0 Å². The molecule has 0 aromatic carbocycles. The fourth-order valence-electron chi connectivity index (χ4n) is 2.20. The molecule has 0 aliphatic carbocycles. The van der Waals surface area contributed by atoms with E-state index >= 15 is 0 Å². The molecule has 116 valence electrons. The largest absolute Gasteiger partial charge is 0.272 e. The standard InChI is InChI=1S/C13H21N5O2S/c1-4-12(18-9-5-7-14-18)6-8-16-21(19,20)13-10-15-17(3)11(13)2/h5,7,9-10,12,16H,4,6,8H2,1-3H3/t12-/m1/s1. The first kappa shape index (κ1) is 15.7. The maximum Gasteiger partial charge on any atom is 0.243 e. The molecule has 0 saturated carbocycles. The Morgan fingerprint density at radius 1 is 1.38 bits per heavy atom. The summed E-state index contributed by atoms with van der Waals surface area (Å²) in [7, 11) is -1.78. The quantitative estimate of drug-likeness (QED) is 0.834. The van der Waals surface area contributed by atoms with Crippen molar-refractivity contribution in [1.29, 1.82) is 0 Å². The molecule has 1 atom stereocenters. The summed E-state index contributed by atoms with van der Waals surface area (Å²) in [6, 6.07) is 2.06. The lowest BCUT2D eigenvalue weighted by molar-refractivity contribution is 0.412. The van der Waals surface area contributed by atoms with Gasteiger partial charge in [0.2, 0.25) is 10.0 Å². The molecule has 2 rings (SSSR count). The third-order valence-electron chi connectivity index (χ3n) is 3.62. The molecule has 21 heavy (non-hydrogen) atoms. The summed E-state index contributed by atoms with van der Waals surface area (Å²) in [5.74, 6) is 0. The number of sulfonamides is 1. The second kappa shape index (κ2) is 6.40. The molecule has 0 saturated heterocycles. The number of rotatable bonds is 7. The van der Waals surface area contributed by atoms with E-state index in [-0.39, 0.29) is 10.9 Å². The molecule has 1 N–H and O–H groups in total. The van der Waals surface area contributed by atoms with Gasteiger partial charge in [0.25, 0.3) is 0 Å². The van der Waals surface area contributed by atoms with Crippen LogP contribution < -0.4 is 4.72 Å². The predicted octanol–water partition coefficient (Wildman–Crippen LogP) is 1.24. The van der Waals surface area contributed by atoms with Gasteiger partial charge in [0.05, 0.1) is 17.9 Å². The first-order valence-electron chi connectivity index (χ1n) is 6.93. The van der Waals surface area contributed by atoms with Gasteiger partial charge in [0.1, 0.15) is 4.90 Å². The monoisotopic (exact) mass is 311 g/mol. The second-order valence-corrected chi connectivity index (χ2v) is 6.69. The van der Waals surface area contributed by atoms with E-state index in [1.807, 2.05) is 16.9 Å². The first-order chi connectivity index (χ1) is 9.95. The highest BCUT2D eigenvalue weighted by Crippen LogP contribution is 2.16. The van der Waals surface area contributed by atoms with Crippen molar-refractivity contribution in [1.82, 2.24) is 24.3 Å². The average Bonchev–Trinajstić information content (AvgIpc) is 3.07. The van der Waals surface area contributed by atoms with Gasteiger partial charge < -0.3 is 0 Å².